The Labute approximate surface area is 164 Å². The van der Waals surface area contributed by atoms with Gasteiger partial charge in [0.15, 0.2) is 0 Å². The number of aryl methyl sites for hydroxylation is 1. The van der Waals surface area contributed by atoms with Gasteiger partial charge in [-0.25, -0.2) is 4.68 Å². The molecule has 6 nitrogen and oxygen atoms in total. The Hall–Kier alpha value is -3.25. The molecule has 0 atom stereocenters. The molecule has 0 fully saturated rings. The number of aromatic nitrogens is 3. The lowest BCUT2D eigenvalue weighted by atomic mass is 10.0. The van der Waals surface area contributed by atoms with Crippen LogP contribution in [0.25, 0.3) is 11.3 Å². The molecule has 0 saturated heterocycles. The molecule has 0 saturated carbocycles. The first-order chi connectivity index (χ1) is 13.7. The SMILES string of the molecule is Cc1ccc(-c2cn(CC3=CCNCC3)nn2)cc1C(=O)Nc1ccccc1. The Morgan fingerprint density at radius 1 is 1.21 bits per heavy atom. The average Bonchev–Trinajstić information content (AvgIpc) is 3.18. The Balaban J connectivity index is 1.53. The minimum atomic E-state index is -0.127. The van der Waals surface area contributed by atoms with Gasteiger partial charge in [-0.2, -0.15) is 0 Å². The summed E-state index contributed by atoms with van der Waals surface area (Å²) in [4.78, 5) is 12.7. The van der Waals surface area contributed by atoms with Crippen molar-refractivity contribution in [3.63, 3.8) is 0 Å². The van der Waals surface area contributed by atoms with Gasteiger partial charge in [0.05, 0.1) is 12.7 Å². The maximum atomic E-state index is 12.7. The Morgan fingerprint density at radius 2 is 2.07 bits per heavy atom. The second-order valence-corrected chi connectivity index (χ2v) is 6.97. The second-order valence-electron chi connectivity index (χ2n) is 6.97. The van der Waals surface area contributed by atoms with Crippen molar-refractivity contribution in [3.8, 4) is 11.3 Å². The van der Waals surface area contributed by atoms with Crippen LogP contribution in [-0.4, -0.2) is 34.0 Å². The highest BCUT2D eigenvalue weighted by Gasteiger charge is 2.13. The first-order valence-electron chi connectivity index (χ1n) is 9.45. The molecule has 6 heteroatoms. The van der Waals surface area contributed by atoms with Crippen LogP contribution in [-0.2, 0) is 6.54 Å². The van der Waals surface area contributed by atoms with E-state index >= 15 is 0 Å². The first-order valence-corrected chi connectivity index (χ1v) is 9.45. The van der Waals surface area contributed by atoms with Gasteiger partial charge in [-0.15, -0.1) is 5.10 Å². The van der Waals surface area contributed by atoms with Crippen molar-refractivity contribution >= 4 is 11.6 Å². The summed E-state index contributed by atoms with van der Waals surface area (Å²) in [5.74, 6) is -0.127. The number of hydrogen-bond acceptors (Lipinski definition) is 4. The molecule has 4 rings (SSSR count). The highest BCUT2D eigenvalue weighted by Crippen LogP contribution is 2.22. The number of anilines is 1. The van der Waals surface area contributed by atoms with Crippen LogP contribution < -0.4 is 10.6 Å². The van der Waals surface area contributed by atoms with E-state index < -0.39 is 0 Å². The number of carbonyl (C=O) groups excluding carboxylic acids is 1. The van der Waals surface area contributed by atoms with E-state index in [-0.39, 0.29) is 5.91 Å². The van der Waals surface area contributed by atoms with Crippen molar-refractivity contribution in [2.75, 3.05) is 18.4 Å². The van der Waals surface area contributed by atoms with Crippen molar-refractivity contribution in [2.24, 2.45) is 0 Å². The van der Waals surface area contributed by atoms with Crippen molar-refractivity contribution in [2.45, 2.75) is 19.9 Å². The molecule has 0 unspecified atom stereocenters. The maximum absolute atomic E-state index is 12.7. The summed E-state index contributed by atoms with van der Waals surface area (Å²) in [6.07, 6.45) is 5.18. The lowest BCUT2D eigenvalue weighted by Crippen LogP contribution is -2.22. The summed E-state index contributed by atoms with van der Waals surface area (Å²) in [5, 5.41) is 14.8. The summed E-state index contributed by atoms with van der Waals surface area (Å²) in [5.41, 5.74) is 5.35. The standard InChI is InChI=1S/C22H23N5O/c1-16-7-8-18(13-20(16)22(28)24-19-5-3-2-4-6-19)21-15-27(26-25-21)14-17-9-11-23-12-10-17/h2-9,13,15,23H,10-12,14H2,1H3,(H,24,28). The molecule has 0 aliphatic carbocycles. The molecular formula is C22H23N5O. The van der Waals surface area contributed by atoms with Gasteiger partial charge in [-0.05, 0) is 43.7 Å². The monoisotopic (exact) mass is 373 g/mol. The molecule has 3 aromatic rings. The molecular weight excluding hydrogens is 350 g/mol. The molecule has 1 amide bonds. The van der Waals surface area contributed by atoms with Gasteiger partial charge in [0.2, 0.25) is 0 Å². The smallest absolute Gasteiger partial charge is 0.255 e. The van der Waals surface area contributed by atoms with Crippen LogP contribution in [0.4, 0.5) is 5.69 Å². The van der Waals surface area contributed by atoms with E-state index in [0.717, 1.165) is 48.6 Å². The maximum Gasteiger partial charge on any atom is 0.255 e. The third kappa shape index (κ3) is 4.18. The number of para-hydroxylation sites is 1. The highest BCUT2D eigenvalue weighted by atomic mass is 16.1. The Kier molecular flexibility index (Phi) is 5.30. The molecule has 2 N–H and O–H groups in total. The molecule has 0 radical (unpaired) electrons. The number of benzene rings is 2. The van der Waals surface area contributed by atoms with Crippen LogP contribution >= 0.6 is 0 Å². The quantitative estimate of drug-likeness (QED) is 0.672. The van der Waals surface area contributed by atoms with Crippen LogP contribution in [0.15, 0.2) is 66.4 Å². The van der Waals surface area contributed by atoms with Gasteiger partial charge in [-0.1, -0.05) is 47.2 Å². The van der Waals surface area contributed by atoms with Crippen LogP contribution in [0.1, 0.15) is 22.3 Å². The van der Waals surface area contributed by atoms with E-state index in [2.05, 4.69) is 27.0 Å². The van der Waals surface area contributed by atoms with E-state index in [9.17, 15) is 4.79 Å². The van der Waals surface area contributed by atoms with E-state index in [1.54, 1.807) is 0 Å². The topological polar surface area (TPSA) is 71.8 Å². The van der Waals surface area contributed by atoms with Crippen molar-refractivity contribution < 1.29 is 4.79 Å². The zero-order valence-corrected chi connectivity index (χ0v) is 15.9. The molecule has 2 aromatic carbocycles. The fraction of sp³-hybridized carbons (Fsp3) is 0.227. The summed E-state index contributed by atoms with van der Waals surface area (Å²) in [6.45, 7) is 4.60. The van der Waals surface area contributed by atoms with Crippen LogP contribution in [0.3, 0.4) is 0 Å². The number of rotatable bonds is 5. The number of nitrogens with one attached hydrogen (secondary N) is 2. The van der Waals surface area contributed by atoms with E-state index in [1.807, 2.05) is 66.3 Å². The third-order valence-corrected chi connectivity index (χ3v) is 4.87. The van der Waals surface area contributed by atoms with Gasteiger partial charge in [0.25, 0.3) is 5.91 Å². The summed E-state index contributed by atoms with van der Waals surface area (Å²) >= 11 is 0. The van der Waals surface area contributed by atoms with Gasteiger partial charge in [-0.3, -0.25) is 4.79 Å². The normalized spacial score (nSPS) is 13.8. The molecule has 1 aromatic heterocycles. The lowest BCUT2D eigenvalue weighted by Gasteiger charge is -2.13. The zero-order chi connectivity index (χ0) is 19.3. The molecule has 2 heterocycles. The van der Waals surface area contributed by atoms with Crippen molar-refractivity contribution in [3.05, 3.63) is 77.5 Å². The predicted octanol–water partition coefficient (Wildman–Crippen LogP) is 3.43. The number of hydrogen-bond donors (Lipinski definition) is 2. The van der Waals surface area contributed by atoms with Crippen molar-refractivity contribution in [1.29, 1.82) is 0 Å². The van der Waals surface area contributed by atoms with Gasteiger partial charge >= 0.3 is 0 Å². The minimum Gasteiger partial charge on any atom is -0.322 e. The number of amides is 1. The molecule has 1 aliphatic rings. The minimum absolute atomic E-state index is 0.127. The highest BCUT2D eigenvalue weighted by molar-refractivity contribution is 6.05. The molecule has 28 heavy (non-hydrogen) atoms. The largest absolute Gasteiger partial charge is 0.322 e. The average molecular weight is 373 g/mol. The molecule has 1 aliphatic heterocycles. The van der Waals surface area contributed by atoms with E-state index in [1.165, 1.54) is 5.57 Å². The van der Waals surface area contributed by atoms with Crippen LogP contribution in [0.5, 0.6) is 0 Å². The predicted molar refractivity (Wildman–Crippen MR) is 110 cm³/mol. The van der Waals surface area contributed by atoms with Gasteiger partial charge in [0.1, 0.15) is 5.69 Å². The van der Waals surface area contributed by atoms with E-state index in [4.69, 9.17) is 0 Å². The lowest BCUT2D eigenvalue weighted by molar-refractivity contribution is 0.102. The number of nitrogens with zero attached hydrogens (tertiary/aromatic N) is 3. The van der Waals surface area contributed by atoms with Crippen LogP contribution in [0, 0.1) is 6.92 Å². The summed E-state index contributed by atoms with van der Waals surface area (Å²) in [6, 6.07) is 15.3. The first kappa shape index (κ1) is 18.1. The zero-order valence-electron chi connectivity index (χ0n) is 15.9. The molecule has 0 spiro atoms. The van der Waals surface area contributed by atoms with Gasteiger partial charge in [0, 0.05) is 23.4 Å². The third-order valence-electron chi connectivity index (χ3n) is 4.87. The van der Waals surface area contributed by atoms with Gasteiger partial charge < -0.3 is 10.6 Å². The van der Waals surface area contributed by atoms with Crippen molar-refractivity contribution in [1.82, 2.24) is 20.3 Å². The summed E-state index contributed by atoms with van der Waals surface area (Å²) < 4.78 is 1.86. The molecule has 142 valence electrons. The second kappa shape index (κ2) is 8.19. The fourth-order valence-corrected chi connectivity index (χ4v) is 3.28. The van der Waals surface area contributed by atoms with E-state index in [0.29, 0.717) is 5.56 Å². The number of carbonyl (C=O) groups is 1. The Bertz CT molecular complexity index is 1010. The fourth-order valence-electron chi connectivity index (χ4n) is 3.28. The Morgan fingerprint density at radius 3 is 2.86 bits per heavy atom. The molecule has 0 bridgehead atoms. The van der Waals surface area contributed by atoms with Crippen LogP contribution in [0.2, 0.25) is 0 Å². The summed E-state index contributed by atoms with van der Waals surface area (Å²) in [7, 11) is 0.